The number of amides is 1. The summed E-state index contributed by atoms with van der Waals surface area (Å²) in [4.78, 5) is 19.8. The van der Waals surface area contributed by atoms with Crippen molar-refractivity contribution in [3.05, 3.63) is 0 Å². The number of carbonyl (C=O) groups excluding carboxylic acids is 1. The predicted octanol–water partition coefficient (Wildman–Crippen LogP) is 1.51. The number of aliphatic hydroxyl groups excluding tert-OH is 1. The molecule has 1 fully saturated rings. The van der Waals surface area contributed by atoms with Crippen LogP contribution in [0.4, 0.5) is 0 Å². The summed E-state index contributed by atoms with van der Waals surface area (Å²) in [5, 5.41) is 8.98. The molecular weight excluding hydrogens is 254 g/mol. The SMILES string of the molecule is CCCCC(=NC1(C)CCN(CCO)CC1)N(C)C=O. The molecule has 1 aliphatic heterocycles. The quantitative estimate of drug-likeness (QED) is 0.438. The van der Waals surface area contributed by atoms with Gasteiger partial charge in [-0.15, -0.1) is 0 Å². The lowest BCUT2D eigenvalue weighted by molar-refractivity contribution is -0.114. The fourth-order valence-electron chi connectivity index (χ4n) is 2.53. The molecule has 1 aliphatic rings. The Morgan fingerprint density at radius 3 is 2.60 bits per heavy atom. The van der Waals surface area contributed by atoms with E-state index in [-0.39, 0.29) is 12.1 Å². The monoisotopic (exact) mass is 283 g/mol. The zero-order valence-corrected chi connectivity index (χ0v) is 13.1. The Hall–Kier alpha value is -0.940. The summed E-state index contributed by atoms with van der Waals surface area (Å²) in [6.45, 7) is 7.21. The van der Waals surface area contributed by atoms with Crippen LogP contribution >= 0.6 is 0 Å². The number of β-amino-alcohol motifs (C(OH)–C–C–N with tert-alkyl or cyclic N) is 1. The number of aliphatic imine (C=N–C) groups is 1. The van der Waals surface area contributed by atoms with Gasteiger partial charge in [0.25, 0.3) is 0 Å². The van der Waals surface area contributed by atoms with Crippen LogP contribution in [0.25, 0.3) is 0 Å². The third kappa shape index (κ3) is 5.21. The fraction of sp³-hybridized carbons (Fsp3) is 0.867. The summed E-state index contributed by atoms with van der Waals surface area (Å²) < 4.78 is 0. The maximum atomic E-state index is 11.0. The van der Waals surface area contributed by atoms with Gasteiger partial charge < -0.3 is 14.9 Å². The van der Waals surface area contributed by atoms with Gasteiger partial charge >= 0.3 is 0 Å². The largest absolute Gasteiger partial charge is 0.395 e. The van der Waals surface area contributed by atoms with Gasteiger partial charge in [0.2, 0.25) is 6.41 Å². The molecule has 0 aromatic heterocycles. The van der Waals surface area contributed by atoms with Crippen molar-refractivity contribution in [2.24, 2.45) is 4.99 Å². The maximum Gasteiger partial charge on any atom is 0.214 e. The van der Waals surface area contributed by atoms with Crippen LogP contribution in [0, 0.1) is 0 Å². The molecule has 5 nitrogen and oxygen atoms in total. The van der Waals surface area contributed by atoms with Crippen molar-refractivity contribution in [3.63, 3.8) is 0 Å². The van der Waals surface area contributed by atoms with Crippen molar-refractivity contribution >= 4 is 12.2 Å². The Labute approximate surface area is 122 Å². The highest BCUT2D eigenvalue weighted by Gasteiger charge is 2.30. The summed E-state index contributed by atoms with van der Waals surface area (Å²) in [6.07, 6.45) is 5.83. The van der Waals surface area contributed by atoms with E-state index in [1.54, 1.807) is 11.9 Å². The van der Waals surface area contributed by atoms with E-state index in [0.717, 1.165) is 64.0 Å². The Morgan fingerprint density at radius 1 is 1.45 bits per heavy atom. The van der Waals surface area contributed by atoms with E-state index in [0.29, 0.717) is 0 Å². The average molecular weight is 283 g/mol. The molecule has 1 N–H and O–H groups in total. The van der Waals surface area contributed by atoms with Gasteiger partial charge in [-0.2, -0.15) is 0 Å². The molecule has 20 heavy (non-hydrogen) atoms. The van der Waals surface area contributed by atoms with Crippen LogP contribution in [-0.4, -0.2) is 66.0 Å². The molecule has 0 unspecified atom stereocenters. The number of hydrogen-bond acceptors (Lipinski definition) is 4. The second-order valence-corrected chi connectivity index (χ2v) is 5.91. The van der Waals surface area contributed by atoms with E-state index in [1.807, 2.05) is 0 Å². The van der Waals surface area contributed by atoms with Crippen molar-refractivity contribution in [3.8, 4) is 0 Å². The minimum absolute atomic E-state index is 0.0771. The van der Waals surface area contributed by atoms with Gasteiger partial charge in [-0.25, -0.2) is 0 Å². The van der Waals surface area contributed by atoms with E-state index in [9.17, 15) is 4.79 Å². The van der Waals surface area contributed by atoms with Gasteiger partial charge in [0.1, 0.15) is 5.84 Å². The van der Waals surface area contributed by atoms with Crippen LogP contribution < -0.4 is 0 Å². The summed E-state index contributed by atoms with van der Waals surface area (Å²) in [5.41, 5.74) is -0.0771. The van der Waals surface area contributed by atoms with Gasteiger partial charge in [-0.1, -0.05) is 13.3 Å². The lowest BCUT2D eigenvalue weighted by Gasteiger charge is -2.37. The maximum absolute atomic E-state index is 11.0. The van der Waals surface area contributed by atoms with Crippen molar-refractivity contribution < 1.29 is 9.90 Å². The van der Waals surface area contributed by atoms with E-state index >= 15 is 0 Å². The van der Waals surface area contributed by atoms with Crippen LogP contribution in [0.3, 0.4) is 0 Å². The second kappa shape index (κ2) is 8.37. The van der Waals surface area contributed by atoms with E-state index in [2.05, 4.69) is 18.7 Å². The minimum Gasteiger partial charge on any atom is -0.395 e. The first-order valence-electron chi connectivity index (χ1n) is 7.64. The third-order valence-corrected chi connectivity index (χ3v) is 4.07. The molecule has 0 aromatic carbocycles. The molecule has 1 amide bonds. The van der Waals surface area contributed by atoms with Gasteiger partial charge in [-0.05, 0) is 26.2 Å². The highest BCUT2D eigenvalue weighted by atomic mass is 16.3. The average Bonchev–Trinajstić information content (AvgIpc) is 2.45. The molecule has 0 saturated carbocycles. The molecule has 1 rings (SSSR count). The minimum atomic E-state index is -0.0771. The van der Waals surface area contributed by atoms with E-state index in [4.69, 9.17) is 10.1 Å². The van der Waals surface area contributed by atoms with Crippen LogP contribution in [0.5, 0.6) is 0 Å². The van der Waals surface area contributed by atoms with Crippen LogP contribution in [0.15, 0.2) is 4.99 Å². The number of hydrogen-bond donors (Lipinski definition) is 1. The molecule has 5 heteroatoms. The van der Waals surface area contributed by atoms with Gasteiger partial charge in [0.15, 0.2) is 0 Å². The lowest BCUT2D eigenvalue weighted by atomic mass is 9.90. The number of piperidine rings is 1. The van der Waals surface area contributed by atoms with Crippen LogP contribution in [0.2, 0.25) is 0 Å². The Balaban J connectivity index is 2.69. The smallest absolute Gasteiger partial charge is 0.214 e. The van der Waals surface area contributed by atoms with Gasteiger partial charge in [-0.3, -0.25) is 9.79 Å². The van der Waals surface area contributed by atoms with Crippen LogP contribution in [-0.2, 0) is 4.79 Å². The molecule has 1 saturated heterocycles. The molecule has 0 radical (unpaired) electrons. The molecule has 0 aliphatic carbocycles. The van der Waals surface area contributed by atoms with Crippen molar-refractivity contribution in [2.45, 2.75) is 51.5 Å². The van der Waals surface area contributed by atoms with Gasteiger partial charge in [0.05, 0.1) is 12.1 Å². The Kier molecular flexibility index (Phi) is 7.16. The number of carbonyl (C=O) groups is 1. The fourth-order valence-corrected chi connectivity index (χ4v) is 2.53. The van der Waals surface area contributed by atoms with E-state index < -0.39 is 0 Å². The molecule has 0 spiro atoms. The Morgan fingerprint density at radius 2 is 2.10 bits per heavy atom. The molecular formula is C15H29N3O2. The van der Waals surface area contributed by atoms with Crippen molar-refractivity contribution in [1.29, 1.82) is 0 Å². The number of amidine groups is 1. The summed E-state index contributed by atoms with van der Waals surface area (Å²) in [5.74, 6) is 0.903. The highest BCUT2D eigenvalue weighted by molar-refractivity contribution is 5.90. The van der Waals surface area contributed by atoms with Gasteiger partial charge in [0, 0.05) is 33.1 Å². The number of nitrogens with zero attached hydrogens (tertiary/aromatic N) is 3. The summed E-state index contributed by atoms with van der Waals surface area (Å²) in [6, 6.07) is 0. The highest BCUT2D eigenvalue weighted by Crippen LogP contribution is 2.26. The third-order valence-electron chi connectivity index (χ3n) is 4.07. The van der Waals surface area contributed by atoms with Crippen LogP contribution in [0.1, 0.15) is 46.0 Å². The predicted molar refractivity (Wildman–Crippen MR) is 82.0 cm³/mol. The topological polar surface area (TPSA) is 56.1 Å². The zero-order chi connectivity index (χ0) is 15.0. The van der Waals surface area contributed by atoms with E-state index in [1.165, 1.54) is 0 Å². The molecule has 0 atom stereocenters. The number of rotatable bonds is 7. The number of aliphatic hydroxyl groups is 1. The first-order valence-corrected chi connectivity index (χ1v) is 7.64. The zero-order valence-electron chi connectivity index (χ0n) is 13.1. The summed E-state index contributed by atoms with van der Waals surface area (Å²) >= 11 is 0. The number of unbranched alkanes of at least 4 members (excludes halogenated alkanes) is 1. The molecule has 116 valence electrons. The molecule has 1 heterocycles. The van der Waals surface area contributed by atoms with Crippen molar-refractivity contribution in [1.82, 2.24) is 9.80 Å². The molecule has 0 aromatic rings. The standard InChI is InChI=1S/C15H29N3O2/c1-4-5-6-14(17(3)13-20)16-15(2)7-9-18(10-8-15)11-12-19/h13,19H,4-12H2,1-3H3. The normalized spacial score (nSPS) is 19.9. The summed E-state index contributed by atoms with van der Waals surface area (Å²) in [7, 11) is 1.78. The first kappa shape index (κ1) is 17.1. The molecule has 0 bridgehead atoms. The number of likely N-dealkylation sites (tertiary alicyclic amines) is 1. The first-order chi connectivity index (χ1) is 9.54. The van der Waals surface area contributed by atoms with Crippen molar-refractivity contribution in [2.75, 3.05) is 33.3 Å². The Bertz CT molecular complexity index is 323. The lowest BCUT2D eigenvalue weighted by Crippen LogP contribution is -2.43. The second-order valence-electron chi connectivity index (χ2n) is 5.91.